The molecule has 3 aliphatic heterocycles. The van der Waals surface area contributed by atoms with Crippen molar-refractivity contribution in [2.75, 3.05) is 60.5 Å². The Labute approximate surface area is 214 Å². The fourth-order valence-electron chi connectivity index (χ4n) is 5.21. The van der Waals surface area contributed by atoms with Gasteiger partial charge in [0, 0.05) is 36.1 Å². The summed E-state index contributed by atoms with van der Waals surface area (Å²) in [7, 11) is 3.19. The van der Waals surface area contributed by atoms with Crippen LogP contribution in [-0.2, 0) is 16.1 Å². The van der Waals surface area contributed by atoms with Crippen LogP contribution in [0, 0.1) is 0 Å². The van der Waals surface area contributed by atoms with Gasteiger partial charge in [-0.25, -0.2) is 4.79 Å². The summed E-state index contributed by atoms with van der Waals surface area (Å²) in [6.45, 7) is 5.14. The van der Waals surface area contributed by atoms with Crippen molar-refractivity contribution in [1.82, 2.24) is 4.90 Å². The number of fused-ring (bicyclic) bond motifs is 3. The minimum absolute atomic E-state index is 0.148. The first-order valence-corrected chi connectivity index (χ1v) is 12.4. The molecule has 3 heterocycles. The van der Waals surface area contributed by atoms with Crippen LogP contribution in [0.1, 0.15) is 22.3 Å². The lowest BCUT2D eigenvalue weighted by Crippen LogP contribution is -2.37. The van der Waals surface area contributed by atoms with Crippen molar-refractivity contribution in [3.63, 3.8) is 0 Å². The quantitative estimate of drug-likeness (QED) is 0.331. The van der Waals surface area contributed by atoms with Crippen LogP contribution >= 0.6 is 0 Å². The maximum absolute atomic E-state index is 13.1. The van der Waals surface area contributed by atoms with E-state index in [1.165, 1.54) is 0 Å². The molecule has 1 saturated heterocycles. The average Bonchev–Trinajstić information content (AvgIpc) is 3.56. The molecule has 9 nitrogen and oxygen atoms in total. The van der Waals surface area contributed by atoms with Gasteiger partial charge in [0.25, 0.3) is 0 Å². The summed E-state index contributed by atoms with van der Waals surface area (Å²) in [6, 6.07) is 9.47. The molecule has 3 aromatic rings. The number of cyclic esters (lactones) is 1. The first kappa shape index (κ1) is 23.7. The molecule has 0 N–H and O–H groups in total. The zero-order chi connectivity index (χ0) is 25.4. The van der Waals surface area contributed by atoms with Crippen molar-refractivity contribution in [2.45, 2.75) is 13.0 Å². The van der Waals surface area contributed by atoms with Gasteiger partial charge < -0.3 is 33.2 Å². The maximum atomic E-state index is 13.1. The number of benzene rings is 3. The Bertz CT molecular complexity index is 1350. The lowest BCUT2D eigenvalue weighted by Gasteiger charge is -2.26. The third-order valence-corrected chi connectivity index (χ3v) is 7.05. The molecule has 9 heteroatoms. The van der Waals surface area contributed by atoms with Gasteiger partial charge in [-0.15, -0.1) is 0 Å². The number of ether oxygens (including phenoxy) is 7. The van der Waals surface area contributed by atoms with Crippen molar-refractivity contribution in [1.29, 1.82) is 0 Å². The lowest BCUT2D eigenvalue weighted by atomic mass is 9.89. The molecule has 0 aliphatic carbocycles. The van der Waals surface area contributed by atoms with E-state index in [0.717, 1.165) is 66.7 Å². The minimum atomic E-state index is -0.377. The largest absolute Gasteiger partial charge is 0.493 e. The van der Waals surface area contributed by atoms with Crippen LogP contribution in [0.15, 0.2) is 30.3 Å². The van der Waals surface area contributed by atoms with Crippen LogP contribution in [-0.4, -0.2) is 71.3 Å². The zero-order valence-corrected chi connectivity index (χ0v) is 21.0. The molecule has 0 amide bonds. The highest BCUT2D eigenvalue weighted by atomic mass is 16.7. The molecule has 194 valence electrons. The number of morpholine rings is 1. The van der Waals surface area contributed by atoms with Crippen molar-refractivity contribution in [2.24, 2.45) is 0 Å². The Morgan fingerprint density at radius 2 is 1.65 bits per heavy atom. The van der Waals surface area contributed by atoms with E-state index >= 15 is 0 Å². The van der Waals surface area contributed by atoms with Crippen LogP contribution in [0.25, 0.3) is 21.9 Å². The van der Waals surface area contributed by atoms with Gasteiger partial charge in [-0.05, 0) is 41.6 Å². The summed E-state index contributed by atoms with van der Waals surface area (Å²) in [5, 5.41) is 1.63. The number of esters is 1. The Balaban J connectivity index is 1.46. The monoisotopic (exact) mass is 507 g/mol. The third kappa shape index (κ3) is 4.28. The van der Waals surface area contributed by atoms with Gasteiger partial charge in [-0.2, -0.15) is 0 Å². The van der Waals surface area contributed by atoms with E-state index in [1.807, 2.05) is 30.3 Å². The highest BCUT2D eigenvalue weighted by Crippen LogP contribution is 2.49. The fourth-order valence-corrected chi connectivity index (χ4v) is 5.21. The SMILES string of the molecule is COc1cc2c(OCCCN3CCOCC3)c3c(c(-c4ccc5c(c4)OCO5)c2cc1OC)C(=O)OC3. The molecular formula is C28H29NO8. The minimum Gasteiger partial charge on any atom is -0.493 e. The van der Waals surface area contributed by atoms with E-state index in [9.17, 15) is 4.79 Å². The number of carbonyl (C=O) groups is 1. The second-order valence-corrected chi connectivity index (χ2v) is 9.11. The topological polar surface area (TPSA) is 84.9 Å². The molecule has 0 radical (unpaired) electrons. The predicted molar refractivity (Wildman–Crippen MR) is 135 cm³/mol. The summed E-state index contributed by atoms with van der Waals surface area (Å²) in [4.78, 5) is 15.5. The van der Waals surface area contributed by atoms with E-state index in [0.29, 0.717) is 40.9 Å². The van der Waals surface area contributed by atoms with Gasteiger partial charge in [-0.3, -0.25) is 4.90 Å². The lowest BCUT2D eigenvalue weighted by molar-refractivity contribution is 0.0357. The van der Waals surface area contributed by atoms with Gasteiger partial charge in [-0.1, -0.05) is 6.07 Å². The van der Waals surface area contributed by atoms with Gasteiger partial charge in [0.1, 0.15) is 12.4 Å². The number of methoxy groups -OCH3 is 2. The molecule has 0 aromatic heterocycles. The van der Waals surface area contributed by atoms with Crippen LogP contribution in [0.4, 0.5) is 0 Å². The van der Waals surface area contributed by atoms with E-state index in [-0.39, 0.29) is 19.4 Å². The fraction of sp³-hybridized carbons (Fsp3) is 0.393. The molecule has 3 aliphatic rings. The molecule has 37 heavy (non-hydrogen) atoms. The molecular weight excluding hydrogens is 478 g/mol. The van der Waals surface area contributed by atoms with Crippen molar-refractivity contribution >= 4 is 16.7 Å². The number of carbonyl (C=O) groups excluding carboxylic acids is 1. The number of hydrogen-bond acceptors (Lipinski definition) is 9. The summed E-state index contributed by atoms with van der Waals surface area (Å²) in [5.41, 5.74) is 2.80. The summed E-state index contributed by atoms with van der Waals surface area (Å²) >= 11 is 0. The first-order chi connectivity index (χ1) is 18.2. The van der Waals surface area contributed by atoms with Crippen LogP contribution < -0.4 is 23.7 Å². The second-order valence-electron chi connectivity index (χ2n) is 9.11. The zero-order valence-electron chi connectivity index (χ0n) is 21.0. The Morgan fingerprint density at radius 1 is 0.892 bits per heavy atom. The number of hydrogen-bond donors (Lipinski definition) is 0. The van der Waals surface area contributed by atoms with Crippen molar-refractivity contribution in [3.05, 3.63) is 41.5 Å². The average molecular weight is 508 g/mol. The Morgan fingerprint density at radius 3 is 2.43 bits per heavy atom. The smallest absolute Gasteiger partial charge is 0.339 e. The highest BCUT2D eigenvalue weighted by Gasteiger charge is 2.33. The van der Waals surface area contributed by atoms with E-state index < -0.39 is 0 Å². The van der Waals surface area contributed by atoms with E-state index in [2.05, 4.69) is 4.90 Å². The van der Waals surface area contributed by atoms with Crippen LogP contribution in [0.2, 0.25) is 0 Å². The summed E-state index contributed by atoms with van der Waals surface area (Å²) in [5.74, 6) is 2.71. The predicted octanol–water partition coefficient (Wildman–Crippen LogP) is 4.02. The standard InChI is InChI=1S/C28H29NO8/c1-31-22-13-18-19(14-23(22)32-2)27(34-9-3-6-29-7-10-33-11-8-29)20-15-35-28(30)26(20)25(18)17-4-5-21-24(12-17)37-16-36-21/h4-5,12-14H,3,6-11,15-16H2,1-2H3. The summed E-state index contributed by atoms with van der Waals surface area (Å²) < 4.78 is 39.7. The van der Waals surface area contributed by atoms with E-state index in [1.54, 1.807) is 14.2 Å². The normalized spacial score (nSPS) is 16.5. The Kier molecular flexibility index (Phi) is 6.40. The maximum Gasteiger partial charge on any atom is 0.339 e. The molecule has 0 bridgehead atoms. The van der Waals surface area contributed by atoms with E-state index in [4.69, 9.17) is 33.2 Å². The molecule has 0 unspecified atom stereocenters. The second kappa shape index (κ2) is 9.99. The molecule has 1 fully saturated rings. The summed E-state index contributed by atoms with van der Waals surface area (Å²) in [6.07, 6.45) is 0.849. The van der Waals surface area contributed by atoms with Gasteiger partial charge in [0.05, 0.1) is 39.6 Å². The van der Waals surface area contributed by atoms with Crippen molar-refractivity contribution in [3.8, 4) is 39.9 Å². The molecule has 6 rings (SSSR count). The highest BCUT2D eigenvalue weighted by molar-refractivity contribution is 6.14. The van der Waals surface area contributed by atoms with Crippen molar-refractivity contribution < 1.29 is 38.0 Å². The van der Waals surface area contributed by atoms with Crippen LogP contribution in [0.5, 0.6) is 28.7 Å². The number of nitrogens with zero attached hydrogens (tertiary/aromatic N) is 1. The molecule has 0 atom stereocenters. The molecule has 3 aromatic carbocycles. The number of rotatable bonds is 8. The van der Waals surface area contributed by atoms with Gasteiger partial charge in [0.15, 0.2) is 23.0 Å². The molecule has 0 spiro atoms. The molecule has 0 saturated carbocycles. The first-order valence-electron chi connectivity index (χ1n) is 12.4. The Hall–Kier alpha value is -3.69. The van der Waals surface area contributed by atoms with Crippen LogP contribution in [0.3, 0.4) is 0 Å². The van der Waals surface area contributed by atoms with Gasteiger partial charge >= 0.3 is 5.97 Å². The van der Waals surface area contributed by atoms with Gasteiger partial charge in [0.2, 0.25) is 6.79 Å². The third-order valence-electron chi connectivity index (χ3n) is 7.05.